The molecular formula is C9H12O2. The fraction of sp³-hybridized carbons (Fsp3) is 0.222. The van der Waals surface area contributed by atoms with Crippen LogP contribution in [0, 0.1) is 0 Å². The normalized spacial score (nSPS) is 9.18. The zero-order valence-electron chi connectivity index (χ0n) is 6.41. The summed E-state index contributed by atoms with van der Waals surface area (Å²) in [5.41, 5.74) is 1.02. The number of hydrogen-bond acceptors (Lipinski definition) is 2. The molecule has 0 aliphatic carbocycles. The van der Waals surface area contributed by atoms with Crippen molar-refractivity contribution in [3.8, 4) is 0 Å². The summed E-state index contributed by atoms with van der Waals surface area (Å²) in [4.78, 5) is 10.4. The molecule has 0 fully saturated rings. The fourth-order valence-corrected chi connectivity index (χ4v) is 0.759. The molecule has 2 nitrogen and oxygen atoms in total. The predicted molar refractivity (Wildman–Crippen MR) is 44.0 cm³/mol. The van der Waals surface area contributed by atoms with Gasteiger partial charge in [-0.3, -0.25) is 4.79 Å². The van der Waals surface area contributed by atoms with E-state index in [1.165, 1.54) is 6.92 Å². The van der Waals surface area contributed by atoms with Crippen LogP contribution in [0.4, 0.5) is 0 Å². The molecule has 0 amide bonds. The molecular weight excluding hydrogens is 140 g/mol. The molecule has 1 aromatic rings. The molecule has 0 spiro atoms. The molecule has 0 bridgehead atoms. The Balaban J connectivity index is 0.00000121. The van der Waals surface area contributed by atoms with Crippen molar-refractivity contribution in [1.29, 1.82) is 0 Å². The molecule has 0 saturated carbocycles. The van der Waals surface area contributed by atoms with Crippen LogP contribution in [0.1, 0.15) is 13.9 Å². The minimum atomic E-state index is -0.242. The Kier molecular flexibility index (Phi) is 2.66. The maximum absolute atomic E-state index is 10.4. The summed E-state index contributed by atoms with van der Waals surface area (Å²) >= 11 is 0. The third-order valence-corrected chi connectivity index (χ3v) is 1.28. The first kappa shape index (κ1) is 7.79. The highest BCUT2D eigenvalue weighted by molar-refractivity contribution is 5.65. The minimum absolute atomic E-state index is 0. The first-order valence-electron chi connectivity index (χ1n) is 3.46. The Morgan fingerprint density at radius 2 is 2.09 bits per heavy atom. The number of esters is 1. The first-order chi connectivity index (χ1) is 5.29. The van der Waals surface area contributed by atoms with E-state index >= 15 is 0 Å². The molecule has 0 aromatic heterocycles. The van der Waals surface area contributed by atoms with E-state index in [4.69, 9.17) is 4.74 Å². The fourth-order valence-electron chi connectivity index (χ4n) is 0.759. The van der Waals surface area contributed by atoms with E-state index in [0.717, 1.165) is 5.56 Å². The second kappa shape index (κ2) is 3.76. The molecule has 11 heavy (non-hydrogen) atoms. The number of carbonyl (C=O) groups excluding carboxylic acids is 1. The average Bonchev–Trinajstić information content (AvgIpc) is 2.03. The molecule has 0 unspecified atom stereocenters. The summed E-state index contributed by atoms with van der Waals surface area (Å²) in [6.07, 6.45) is 0. The van der Waals surface area contributed by atoms with E-state index in [-0.39, 0.29) is 7.40 Å². The number of hydrogen-bond donors (Lipinski definition) is 0. The smallest absolute Gasteiger partial charge is 0.302 e. The minimum Gasteiger partial charge on any atom is -0.461 e. The Bertz CT molecular complexity index is 234. The molecule has 0 aliphatic heterocycles. The van der Waals surface area contributed by atoms with Crippen LogP contribution in [0.5, 0.6) is 0 Å². The van der Waals surface area contributed by atoms with Crippen LogP contribution in [-0.2, 0) is 16.1 Å². The SMILES string of the molecule is CC(=O)OCc1ccccc1.[2HH]. The van der Waals surface area contributed by atoms with Crippen LogP contribution in [0.25, 0.3) is 0 Å². The van der Waals surface area contributed by atoms with Gasteiger partial charge in [-0.15, -0.1) is 0 Å². The van der Waals surface area contributed by atoms with Gasteiger partial charge in [-0.2, -0.15) is 0 Å². The highest BCUT2D eigenvalue weighted by atomic mass is 16.5. The third kappa shape index (κ3) is 2.85. The maximum atomic E-state index is 10.4. The number of carbonyl (C=O) groups is 1. The van der Waals surface area contributed by atoms with E-state index < -0.39 is 0 Å². The van der Waals surface area contributed by atoms with Gasteiger partial charge in [0, 0.05) is 8.35 Å². The van der Waals surface area contributed by atoms with Crippen molar-refractivity contribution in [2.45, 2.75) is 13.5 Å². The lowest BCUT2D eigenvalue weighted by Crippen LogP contribution is -1.97. The third-order valence-electron chi connectivity index (χ3n) is 1.28. The van der Waals surface area contributed by atoms with Crippen LogP contribution < -0.4 is 0 Å². The average molecular weight is 153 g/mol. The Hall–Kier alpha value is -1.31. The molecule has 2 heteroatoms. The molecule has 60 valence electrons. The molecule has 0 N–H and O–H groups in total. The lowest BCUT2D eigenvalue weighted by atomic mass is 10.2. The van der Waals surface area contributed by atoms with Crippen molar-refractivity contribution in [2.75, 3.05) is 0 Å². The molecule has 0 atom stereocenters. The van der Waals surface area contributed by atoms with Gasteiger partial charge < -0.3 is 4.74 Å². The quantitative estimate of drug-likeness (QED) is 0.607. The summed E-state index contributed by atoms with van der Waals surface area (Å²) in [5.74, 6) is -0.242. The lowest BCUT2D eigenvalue weighted by molar-refractivity contribution is -0.142. The first-order valence-corrected chi connectivity index (χ1v) is 3.46. The summed E-state index contributed by atoms with van der Waals surface area (Å²) in [6.45, 7) is 1.78. The van der Waals surface area contributed by atoms with Crippen LogP contribution in [0.3, 0.4) is 0 Å². The summed E-state index contributed by atoms with van der Waals surface area (Å²) in [5, 5.41) is 0. The van der Waals surface area contributed by atoms with Crippen molar-refractivity contribution in [3.63, 3.8) is 0 Å². The van der Waals surface area contributed by atoms with E-state index in [0.29, 0.717) is 6.61 Å². The standard InChI is InChI=1S/C9H10O2.H2/c1-8(10)11-7-9-5-3-2-4-6-9;/h2-6H,7H2,1H3;1H/i;1+1. The predicted octanol–water partition coefficient (Wildman–Crippen LogP) is 2.00. The second-order valence-electron chi connectivity index (χ2n) is 2.27. The molecule has 0 saturated heterocycles. The second-order valence-corrected chi connectivity index (χ2v) is 2.27. The Morgan fingerprint density at radius 1 is 1.45 bits per heavy atom. The number of benzene rings is 1. The van der Waals surface area contributed by atoms with E-state index in [1.807, 2.05) is 30.3 Å². The van der Waals surface area contributed by atoms with Gasteiger partial charge in [-0.1, -0.05) is 30.3 Å². The van der Waals surface area contributed by atoms with Gasteiger partial charge >= 0.3 is 5.97 Å². The maximum Gasteiger partial charge on any atom is 0.302 e. The van der Waals surface area contributed by atoms with Crippen LogP contribution in [0.15, 0.2) is 30.3 Å². The topological polar surface area (TPSA) is 26.3 Å². The van der Waals surface area contributed by atoms with Crippen molar-refractivity contribution >= 4 is 5.97 Å². The lowest BCUT2D eigenvalue weighted by Gasteiger charge is -1.99. The van der Waals surface area contributed by atoms with Crippen LogP contribution >= 0.6 is 0 Å². The van der Waals surface area contributed by atoms with Gasteiger partial charge in [0.05, 0.1) is 0 Å². The summed E-state index contributed by atoms with van der Waals surface area (Å²) in [7, 11) is 0. The molecule has 1 rings (SSSR count). The summed E-state index contributed by atoms with van der Waals surface area (Å²) < 4.78 is 4.79. The highest BCUT2D eigenvalue weighted by Crippen LogP contribution is 1.99. The van der Waals surface area contributed by atoms with E-state index in [9.17, 15) is 4.79 Å². The monoisotopic (exact) mass is 153 g/mol. The molecule has 1 aromatic carbocycles. The summed E-state index contributed by atoms with van der Waals surface area (Å²) in [6, 6.07) is 9.60. The zero-order chi connectivity index (χ0) is 8.10. The van der Waals surface area contributed by atoms with E-state index in [2.05, 4.69) is 0 Å². The van der Waals surface area contributed by atoms with Crippen molar-refractivity contribution in [2.24, 2.45) is 0 Å². The van der Waals surface area contributed by atoms with Crippen molar-refractivity contribution in [1.82, 2.24) is 0 Å². The van der Waals surface area contributed by atoms with E-state index in [1.54, 1.807) is 0 Å². The zero-order valence-corrected chi connectivity index (χ0v) is 6.41. The van der Waals surface area contributed by atoms with Gasteiger partial charge in [0.2, 0.25) is 0 Å². The van der Waals surface area contributed by atoms with Crippen LogP contribution in [-0.4, -0.2) is 5.97 Å². The Labute approximate surface area is 67.3 Å². The van der Waals surface area contributed by atoms with Gasteiger partial charge in [0.15, 0.2) is 0 Å². The van der Waals surface area contributed by atoms with Gasteiger partial charge in [-0.25, -0.2) is 0 Å². The van der Waals surface area contributed by atoms with Crippen LogP contribution in [0.2, 0.25) is 0 Å². The number of ether oxygens (including phenoxy) is 1. The highest BCUT2D eigenvalue weighted by Gasteiger charge is 1.93. The van der Waals surface area contributed by atoms with Crippen molar-refractivity contribution in [3.05, 3.63) is 35.9 Å². The Morgan fingerprint density at radius 3 is 2.64 bits per heavy atom. The molecule has 0 heterocycles. The van der Waals surface area contributed by atoms with Gasteiger partial charge in [0.1, 0.15) is 6.61 Å². The van der Waals surface area contributed by atoms with Crippen molar-refractivity contribution < 1.29 is 11.0 Å². The number of rotatable bonds is 2. The molecule has 0 aliphatic rings. The van der Waals surface area contributed by atoms with Gasteiger partial charge in [0.25, 0.3) is 0 Å². The largest absolute Gasteiger partial charge is 0.461 e. The van der Waals surface area contributed by atoms with Gasteiger partial charge in [-0.05, 0) is 5.56 Å². The molecule has 0 radical (unpaired) electrons.